The molecule has 0 fully saturated rings. The largest absolute Gasteiger partial charge is 0.507 e. The van der Waals surface area contributed by atoms with Crippen molar-refractivity contribution in [1.29, 1.82) is 0 Å². The zero-order chi connectivity index (χ0) is 51.1. The minimum absolute atomic E-state index is 0. The van der Waals surface area contributed by atoms with E-state index >= 15 is 0 Å². The minimum atomic E-state index is -0.677. The number of phenols is 1. The summed E-state index contributed by atoms with van der Waals surface area (Å²) in [5.74, 6) is 0.242. The summed E-state index contributed by atoms with van der Waals surface area (Å²) in [6.45, 7) is 37.3. The average molecular weight is 1110 g/mol. The van der Waals surface area contributed by atoms with Gasteiger partial charge < -0.3 is 5.11 Å². The van der Waals surface area contributed by atoms with Gasteiger partial charge in [-0.05, 0) is 102 Å². The maximum Gasteiger partial charge on any atom is 0.148 e. The molecule has 0 atom stereocenters. The molecular weight excluding hydrogens is 1030 g/mol. The molecule has 5 heteroatoms. The monoisotopic (exact) mass is 1110 g/mol. The van der Waals surface area contributed by atoms with E-state index in [0.29, 0.717) is 11.4 Å². The van der Waals surface area contributed by atoms with Crippen molar-refractivity contribution in [2.75, 3.05) is 0 Å². The summed E-state index contributed by atoms with van der Waals surface area (Å²) >= 11 is 0. The second kappa shape index (κ2) is 18.9. The van der Waals surface area contributed by atoms with Crippen molar-refractivity contribution >= 4 is 11.0 Å². The molecule has 0 aliphatic carbocycles. The number of imidazole rings is 1. The zero-order valence-electron chi connectivity index (χ0n) is 45.7. The number of hydrogen-bond donors (Lipinski definition) is 1. The first kappa shape index (κ1) is 50.8. The fourth-order valence-corrected chi connectivity index (χ4v) is 9.17. The first-order valence-corrected chi connectivity index (χ1v) is 24.7. The first-order valence-electron chi connectivity index (χ1n) is 25.2. The smallest absolute Gasteiger partial charge is 0.148 e. The quantitative estimate of drug-likeness (QED) is 0.162. The van der Waals surface area contributed by atoms with Crippen LogP contribution in [0.1, 0.15) is 158 Å². The van der Waals surface area contributed by atoms with Gasteiger partial charge in [0.25, 0.3) is 0 Å². The van der Waals surface area contributed by atoms with Gasteiger partial charge in [-0.15, -0.1) is 29.3 Å². The summed E-state index contributed by atoms with van der Waals surface area (Å²) in [6, 6.07) is 47.5. The zero-order valence-corrected chi connectivity index (χ0v) is 47.0. The Kier molecular flexibility index (Phi) is 13.7. The molecule has 6 aromatic carbocycles. The van der Waals surface area contributed by atoms with Crippen molar-refractivity contribution < 1.29 is 27.5 Å². The van der Waals surface area contributed by atoms with Gasteiger partial charge in [0.1, 0.15) is 11.6 Å². The van der Waals surface area contributed by atoms with Gasteiger partial charge in [0, 0.05) is 45.5 Å². The van der Waals surface area contributed by atoms with Gasteiger partial charge in [-0.25, -0.2) is 4.98 Å². The van der Waals surface area contributed by atoms with Crippen molar-refractivity contribution in [3.63, 3.8) is 0 Å². The summed E-state index contributed by atoms with van der Waals surface area (Å²) < 4.78 is 10.8. The Balaban J connectivity index is 0.00000741. The second-order valence-corrected chi connectivity index (χ2v) is 24.6. The molecule has 0 aliphatic heterocycles. The molecule has 0 aliphatic rings. The molecule has 0 amide bonds. The van der Waals surface area contributed by atoms with E-state index in [0.717, 1.165) is 83.6 Å². The number of aromatic nitrogens is 3. The van der Waals surface area contributed by atoms with Gasteiger partial charge in [0.2, 0.25) is 0 Å². The number of fused-ring (bicyclic) bond motifs is 1. The van der Waals surface area contributed by atoms with E-state index in [4.69, 9.17) is 11.3 Å². The third-order valence-electron chi connectivity index (χ3n) is 13.7. The van der Waals surface area contributed by atoms with E-state index in [2.05, 4.69) is 230 Å². The van der Waals surface area contributed by atoms with Crippen LogP contribution in [0.25, 0.3) is 72.7 Å². The number of nitrogens with zero attached hydrogens (tertiary/aromatic N) is 3. The molecule has 2 heterocycles. The van der Waals surface area contributed by atoms with Crippen LogP contribution >= 0.6 is 0 Å². The maximum atomic E-state index is 12.7. The van der Waals surface area contributed by atoms with Gasteiger partial charge in [-0.1, -0.05) is 208 Å². The van der Waals surface area contributed by atoms with E-state index in [1.54, 1.807) is 0 Å². The van der Waals surface area contributed by atoms with Gasteiger partial charge in [-0.2, -0.15) is 0 Å². The molecule has 0 saturated heterocycles. The van der Waals surface area contributed by atoms with Crippen molar-refractivity contribution in [2.24, 2.45) is 0 Å². The van der Waals surface area contributed by atoms with E-state index < -0.39 is 5.89 Å². The molecule has 0 unspecified atom stereocenters. The molecule has 366 valence electrons. The van der Waals surface area contributed by atoms with Crippen LogP contribution in [0.4, 0.5) is 0 Å². The summed E-state index contributed by atoms with van der Waals surface area (Å²) in [7, 11) is 0. The van der Waals surface area contributed by atoms with Crippen LogP contribution in [0.5, 0.6) is 5.75 Å². The van der Waals surface area contributed by atoms with Gasteiger partial charge in [0.15, 0.2) is 0 Å². The summed E-state index contributed by atoms with van der Waals surface area (Å²) in [5, 5.41) is 12.7. The molecule has 0 saturated carbocycles. The molecule has 8 aromatic rings. The molecule has 4 nitrogen and oxygen atoms in total. The SMILES string of the molecule is [2H]C(C)(C)c1ccc(-c2ccnc(-c3[c-]c(-c4cccc5c4nc(-c4cc(C(C)(C)C)cc(C(C)(C)C)c4O)n5-c4ccc(C(C)(C)C)cc4-c4ccc(C(C)(C)C)cc4)cc(C(C)(C)C)c3)c2)cc1.[Pt]. The average Bonchev–Trinajstić information content (AvgIpc) is 3.66. The van der Waals surface area contributed by atoms with Crippen LogP contribution in [0.15, 0.2) is 128 Å². The third-order valence-corrected chi connectivity index (χ3v) is 13.7. The van der Waals surface area contributed by atoms with Crippen molar-refractivity contribution in [1.82, 2.24) is 14.5 Å². The Labute approximate surface area is 435 Å². The van der Waals surface area contributed by atoms with Crippen molar-refractivity contribution in [2.45, 2.75) is 151 Å². The molecule has 1 N–H and O–H groups in total. The van der Waals surface area contributed by atoms with Crippen LogP contribution < -0.4 is 0 Å². The minimum Gasteiger partial charge on any atom is -0.507 e. The Morgan fingerprint density at radius 1 is 0.529 bits per heavy atom. The van der Waals surface area contributed by atoms with E-state index in [-0.39, 0.29) is 53.9 Å². The van der Waals surface area contributed by atoms with E-state index in [1.807, 2.05) is 26.1 Å². The molecule has 0 spiro atoms. The summed E-state index contributed by atoms with van der Waals surface area (Å²) in [6.07, 6.45) is 1.88. The fourth-order valence-electron chi connectivity index (χ4n) is 9.17. The summed E-state index contributed by atoms with van der Waals surface area (Å²) in [5.41, 5.74) is 17.2. The van der Waals surface area contributed by atoms with Crippen LogP contribution in [0.2, 0.25) is 0 Å². The van der Waals surface area contributed by atoms with Crippen LogP contribution in [-0.4, -0.2) is 19.6 Å². The Bertz CT molecular complexity index is 3240. The predicted molar refractivity (Wildman–Crippen MR) is 294 cm³/mol. The van der Waals surface area contributed by atoms with Gasteiger partial charge in [-0.3, -0.25) is 9.55 Å². The van der Waals surface area contributed by atoms with Crippen molar-refractivity contribution in [3.05, 3.63) is 167 Å². The normalized spacial score (nSPS) is 13.1. The maximum absolute atomic E-state index is 12.7. The molecule has 0 bridgehead atoms. The second-order valence-electron chi connectivity index (χ2n) is 24.6. The number of pyridine rings is 1. The summed E-state index contributed by atoms with van der Waals surface area (Å²) in [4.78, 5) is 10.7. The number of aromatic hydroxyl groups is 1. The topological polar surface area (TPSA) is 50.9 Å². The number of hydrogen-bond acceptors (Lipinski definition) is 3. The molecule has 0 radical (unpaired) electrons. The third kappa shape index (κ3) is 10.6. The van der Waals surface area contributed by atoms with E-state index in [1.165, 1.54) is 11.1 Å². The van der Waals surface area contributed by atoms with Crippen molar-refractivity contribution in [3.8, 4) is 67.5 Å². The van der Waals surface area contributed by atoms with Gasteiger partial charge in [0.05, 0.1) is 22.3 Å². The number of phenolic OH excluding ortho intramolecular Hbond substituents is 1. The number of para-hydroxylation sites is 1. The predicted octanol–water partition coefficient (Wildman–Crippen LogP) is 17.9. The number of rotatable bonds is 7. The molecule has 2 aromatic heterocycles. The van der Waals surface area contributed by atoms with E-state index in [9.17, 15) is 5.11 Å². The van der Waals surface area contributed by atoms with Crippen LogP contribution in [0, 0.1) is 6.07 Å². The Hall–Kier alpha value is -5.57. The van der Waals surface area contributed by atoms with Crippen LogP contribution in [0.3, 0.4) is 0 Å². The molecular formula is C65H74N3OPt-. The molecule has 8 rings (SSSR count). The molecule has 70 heavy (non-hydrogen) atoms. The van der Waals surface area contributed by atoms with Gasteiger partial charge >= 0.3 is 0 Å². The Morgan fingerprint density at radius 3 is 1.67 bits per heavy atom. The number of benzene rings is 6. The first-order chi connectivity index (χ1) is 32.4. The Morgan fingerprint density at radius 2 is 1.09 bits per heavy atom. The van der Waals surface area contributed by atoms with Crippen LogP contribution in [-0.2, 0) is 48.1 Å². The fraction of sp³-hybridized carbons (Fsp3) is 0.354. The standard InChI is InChI=1S/C65H74N3O.Pt/c1-40(2)41-21-23-42(24-22-41)44-31-32-66-55(36-44)46-33-45(34-49(35-46)63(9,10)11)51-19-18-20-57-58(51)67-60(53-38-50(64(12,13)14)39-54(59(53)69)65(15,16)17)68(57)56-30-29-48(62(6,7)8)37-52(56)43-25-27-47(28-26-43)61(3,4)5;/h18-32,34-40,69H,1-17H3;/q-1;/i40D;.